The van der Waals surface area contributed by atoms with Crippen LogP contribution in [0.2, 0.25) is 0 Å². The number of amides is 1. The van der Waals surface area contributed by atoms with Crippen molar-refractivity contribution in [2.75, 3.05) is 26.1 Å². The fourth-order valence-electron chi connectivity index (χ4n) is 3.71. The summed E-state index contributed by atoms with van der Waals surface area (Å²) in [4.78, 5) is 25.6. The molecule has 2 N–H and O–H groups in total. The molecule has 0 aliphatic rings. The standard InChI is InChI=1S/C25H28N6O5/c1-6-17-14(3)24(31-30-17)29-23(32)11-19-20(33-4)8-15(12-26-19)36-25-16-9-22(35-7-2)21(34-5)10-18(16)27-13-28-25/h8-10,12-13H,6-7,11H2,1-5H3,(H2,29,30,31,32). The van der Waals surface area contributed by atoms with Crippen LogP contribution >= 0.6 is 0 Å². The van der Waals surface area contributed by atoms with Gasteiger partial charge >= 0.3 is 0 Å². The van der Waals surface area contributed by atoms with Gasteiger partial charge < -0.3 is 24.3 Å². The lowest BCUT2D eigenvalue weighted by Crippen LogP contribution is -2.16. The first-order valence-electron chi connectivity index (χ1n) is 11.5. The summed E-state index contributed by atoms with van der Waals surface area (Å²) in [5.41, 5.74) is 2.99. The number of pyridine rings is 1. The highest BCUT2D eigenvalue weighted by molar-refractivity contribution is 5.92. The molecule has 0 fully saturated rings. The molecule has 3 aromatic heterocycles. The van der Waals surface area contributed by atoms with E-state index < -0.39 is 0 Å². The minimum absolute atomic E-state index is 0.00512. The van der Waals surface area contributed by atoms with Crippen molar-refractivity contribution >= 4 is 22.6 Å². The highest BCUT2D eigenvalue weighted by Gasteiger charge is 2.17. The number of nitrogens with zero attached hydrogens (tertiary/aromatic N) is 4. The highest BCUT2D eigenvalue weighted by atomic mass is 16.5. The molecule has 1 amide bonds. The monoisotopic (exact) mass is 492 g/mol. The molecule has 3 heterocycles. The highest BCUT2D eigenvalue weighted by Crippen LogP contribution is 2.36. The zero-order valence-electron chi connectivity index (χ0n) is 20.8. The van der Waals surface area contributed by atoms with E-state index in [4.69, 9.17) is 18.9 Å². The second-order valence-electron chi connectivity index (χ2n) is 7.81. The Kier molecular flexibility index (Phi) is 7.47. The summed E-state index contributed by atoms with van der Waals surface area (Å²) < 4.78 is 22.6. The van der Waals surface area contributed by atoms with Crippen molar-refractivity contribution in [3.05, 3.63) is 47.7 Å². The number of benzene rings is 1. The van der Waals surface area contributed by atoms with Gasteiger partial charge in [0.2, 0.25) is 11.8 Å². The summed E-state index contributed by atoms with van der Waals surface area (Å²) in [5, 5.41) is 10.6. The lowest BCUT2D eigenvalue weighted by molar-refractivity contribution is -0.115. The van der Waals surface area contributed by atoms with Gasteiger partial charge in [0.1, 0.15) is 12.1 Å². The summed E-state index contributed by atoms with van der Waals surface area (Å²) in [5.74, 6) is 2.49. The first kappa shape index (κ1) is 24.7. The third-order valence-electron chi connectivity index (χ3n) is 5.57. The number of methoxy groups -OCH3 is 2. The van der Waals surface area contributed by atoms with Crippen LogP contribution in [0.5, 0.6) is 28.9 Å². The molecule has 11 heteroatoms. The largest absolute Gasteiger partial charge is 0.495 e. The maximum Gasteiger partial charge on any atom is 0.231 e. The molecule has 0 bridgehead atoms. The Morgan fingerprint density at radius 3 is 2.53 bits per heavy atom. The van der Waals surface area contributed by atoms with Crippen molar-refractivity contribution in [1.29, 1.82) is 0 Å². The number of fused-ring (bicyclic) bond motifs is 1. The number of nitrogens with one attached hydrogen (secondary N) is 2. The van der Waals surface area contributed by atoms with Crippen molar-refractivity contribution in [3.63, 3.8) is 0 Å². The summed E-state index contributed by atoms with van der Waals surface area (Å²) >= 11 is 0. The molecule has 0 atom stereocenters. The topological polar surface area (TPSA) is 133 Å². The number of hydrogen-bond acceptors (Lipinski definition) is 9. The molecule has 0 radical (unpaired) electrons. The Morgan fingerprint density at radius 2 is 1.83 bits per heavy atom. The molecule has 0 spiro atoms. The molecule has 0 saturated heterocycles. The summed E-state index contributed by atoms with van der Waals surface area (Å²) in [6.07, 6.45) is 3.72. The van der Waals surface area contributed by atoms with E-state index in [0.717, 1.165) is 17.7 Å². The quantitative estimate of drug-likeness (QED) is 0.337. The number of carbonyl (C=O) groups excluding carboxylic acids is 1. The average molecular weight is 493 g/mol. The van der Waals surface area contributed by atoms with E-state index in [1.54, 1.807) is 25.3 Å². The number of aromatic amines is 1. The van der Waals surface area contributed by atoms with Crippen LogP contribution in [0.4, 0.5) is 5.82 Å². The van der Waals surface area contributed by atoms with Crippen molar-refractivity contribution in [3.8, 4) is 28.9 Å². The van der Waals surface area contributed by atoms with Gasteiger partial charge in [-0.25, -0.2) is 9.97 Å². The molecule has 36 heavy (non-hydrogen) atoms. The molecule has 4 rings (SSSR count). The van der Waals surface area contributed by atoms with Crippen molar-refractivity contribution in [2.45, 2.75) is 33.6 Å². The fourth-order valence-corrected chi connectivity index (χ4v) is 3.71. The molecule has 1 aromatic carbocycles. The Balaban J connectivity index is 1.55. The van der Waals surface area contributed by atoms with Crippen LogP contribution in [0.1, 0.15) is 30.8 Å². The first-order valence-corrected chi connectivity index (χ1v) is 11.5. The molecule has 11 nitrogen and oxygen atoms in total. The first-order chi connectivity index (χ1) is 17.5. The third-order valence-corrected chi connectivity index (χ3v) is 5.57. The summed E-state index contributed by atoms with van der Waals surface area (Å²) in [6.45, 7) is 6.29. The lowest BCUT2D eigenvalue weighted by Gasteiger charge is -2.13. The smallest absolute Gasteiger partial charge is 0.231 e. The number of aromatic nitrogens is 5. The number of H-pyrrole nitrogens is 1. The molecule has 0 unspecified atom stereocenters. The van der Waals surface area contributed by atoms with E-state index >= 15 is 0 Å². The molecular weight excluding hydrogens is 464 g/mol. The van der Waals surface area contributed by atoms with Gasteiger partial charge in [0.05, 0.1) is 50.0 Å². The second kappa shape index (κ2) is 10.9. The van der Waals surface area contributed by atoms with Gasteiger partial charge in [-0.05, 0) is 26.3 Å². The SMILES string of the molecule is CCOc1cc2c(Oc3cnc(CC(=O)Nc4n[nH]c(CC)c4C)c(OC)c3)ncnc2cc1OC. The van der Waals surface area contributed by atoms with Gasteiger partial charge in [0.25, 0.3) is 0 Å². The lowest BCUT2D eigenvalue weighted by atomic mass is 10.2. The normalized spacial score (nSPS) is 10.8. The maximum absolute atomic E-state index is 12.6. The van der Waals surface area contributed by atoms with Crippen molar-refractivity contribution in [1.82, 2.24) is 25.1 Å². The number of aryl methyl sites for hydroxylation is 1. The van der Waals surface area contributed by atoms with Crippen LogP contribution in [0.15, 0.2) is 30.7 Å². The van der Waals surface area contributed by atoms with Crippen molar-refractivity contribution in [2.24, 2.45) is 0 Å². The van der Waals surface area contributed by atoms with E-state index in [9.17, 15) is 4.79 Å². The zero-order valence-corrected chi connectivity index (χ0v) is 20.8. The van der Waals surface area contributed by atoms with E-state index in [0.29, 0.717) is 57.9 Å². The average Bonchev–Trinajstić information content (AvgIpc) is 3.23. The molecule has 0 saturated carbocycles. The number of hydrogen-bond donors (Lipinski definition) is 2. The predicted molar refractivity (Wildman–Crippen MR) is 133 cm³/mol. The Bertz CT molecular complexity index is 1390. The van der Waals surface area contributed by atoms with Gasteiger partial charge in [-0.15, -0.1) is 0 Å². The van der Waals surface area contributed by atoms with Crippen LogP contribution < -0.4 is 24.3 Å². The molecule has 4 aromatic rings. The Labute approximate surface area is 208 Å². The van der Waals surface area contributed by atoms with E-state index in [1.807, 2.05) is 20.8 Å². The molecule has 188 valence electrons. The van der Waals surface area contributed by atoms with Gasteiger partial charge in [0, 0.05) is 23.4 Å². The predicted octanol–water partition coefficient (Wildman–Crippen LogP) is 4.01. The second-order valence-corrected chi connectivity index (χ2v) is 7.81. The zero-order chi connectivity index (χ0) is 25.7. The van der Waals surface area contributed by atoms with Crippen molar-refractivity contribution < 1.29 is 23.7 Å². The fraction of sp³-hybridized carbons (Fsp3) is 0.320. The summed E-state index contributed by atoms with van der Waals surface area (Å²) in [7, 11) is 3.08. The van der Waals surface area contributed by atoms with E-state index in [-0.39, 0.29) is 12.3 Å². The number of carbonyl (C=O) groups is 1. The van der Waals surface area contributed by atoms with Crippen LogP contribution in [-0.2, 0) is 17.6 Å². The van der Waals surface area contributed by atoms with Crippen LogP contribution in [0, 0.1) is 6.92 Å². The molecule has 0 aliphatic heterocycles. The molecule has 0 aliphatic carbocycles. The van der Waals surface area contributed by atoms with Crippen LogP contribution in [0.3, 0.4) is 0 Å². The minimum Gasteiger partial charge on any atom is -0.495 e. The third kappa shape index (κ3) is 5.14. The number of rotatable bonds is 10. The van der Waals surface area contributed by atoms with E-state index in [1.165, 1.54) is 19.6 Å². The van der Waals surface area contributed by atoms with Gasteiger partial charge in [0.15, 0.2) is 23.1 Å². The number of anilines is 1. The maximum atomic E-state index is 12.6. The van der Waals surface area contributed by atoms with E-state index in [2.05, 4.69) is 30.5 Å². The van der Waals surface area contributed by atoms with Gasteiger partial charge in [-0.3, -0.25) is 14.9 Å². The Hall–Kier alpha value is -4.41. The Morgan fingerprint density at radius 1 is 1.03 bits per heavy atom. The minimum atomic E-state index is -0.258. The van der Waals surface area contributed by atoms with Crippen LogP contribution in [-0.4, -0.2) is 51.9 Å². The number of ether oxygens (including phenoxy) is 4. The van der Waals surface area contributed by atoms with Gasteiger partial charge in [-0.2, -0.15) is 5.10 Å². The molecular formula is C25H28N6O5. The summed E-state index contributed by atoms with van der Waals surface area (Å²) in [6, 6.07) is 5.20. The van der Waals surface area contributed by atoms with Crippen LogP contribution in [0.25, 0.3) is 10.9 Å². The van der Waals surface area contributed by atoms with Gasteiger partial charge in [-0.1, -0.05) is 6.92 Å².